The average Bonchev–Trinajstić information content (AvgIpc) is 3.26. The number of H-pyrrole nitrogens is 1. The van der Waals surface area contributed by atoms with E-state index in [0.717, 1.165) is 33.2 Å². The molecule has 4 aromatic rings. The molecule has 0 radical (unpaired) electrons. The Bertz CT molecular complexity index is 1280. The molecule has 0 aliphatic rings. The van der Waals surface area contributed by atoms with Gasteiger partial charge in [0.15, 0.2) is 0 Å². The molecule has 4 rings (SSSR count). The Morgan fingerprint density at radius 1 is 1.03 bits per heavy atom. The fraction of sp³-hybridized carbons (Fsp3) is 0.222. The quantitative estimate of drug-likeness (QED) is 0.374. The maximum absolute atomic E-state index is 13.1. The number of aromatic amines is 1. The number of aliphatic hydroxyl groups excluding tert-OH is 1. The van der Waals surface area contributed by atoms with E-state index in [0.29, 0.717) is 23.5 Å². The van der Waals surface area contributed by atoms with Crippen LogP contribution in [-0.2, 0) is 6.42 Å². The van der Waals surface area contributed by atoms with Gasteiger partial charge in [-0.05, 0) is 66.4 Å². The van der Waals surface area contributed by atoms with Gasteiger partial charge in [0.2, 0.25) is 0 Å². The molecular weight excluding hydrogens is 416 g/mol. The van der Waals surface area contributed by atoms with Gasteiger partial charge in [0, 0.05) is 28.2 Å². The van der Waals surface area contributed by atoms with Gasteiger partial charge in [-0.15, -0.1) is 0 Å². The lowest BCUT2D eigenvalue weighted by Gasteiger charge is -2.18. The van der Waals surface area contributed by atoms with Crippen molar-refractivity contribution >= 4 is 16.8 Å². The number of hydrogen-bond donors (Lipinski definition) is 3. The average molecular weight is 445 g/mol. The summed E-state index contributed by atoms with van der Waals surface area (Å²) in [5, 5.41) is 14.0. The highest BCUT2D eigenvalue weighted by Gasteiger charge is 2.18. The molecule has 0 bridgehead atoms. The molecule has 1 aromatic heterocycles. The van der Waals surface area contributed by atoms with Crippen molar-refractivity contribution in [2.24, 2.45) is 0 Å². The molecule has 0 saturated heterocycles. The van der Waals surface area contributed by atoms with Gasteiger partial charge in [0.25, 0.3) is 5.91 Å². The first-order valence-electron chi connectivity index (χ1n) is 10.8. The number of rotatable bonds is 8. The molecule has 0 spiro atoms. The number of methoxy groups -OCH3 is 2. The van der Waals surface area contributed by atoms with Crippen LogP contribution in [-0.4, -0.2) is 42.9 Å². The van der Waals surface area contributed by atoms with Crippen LogP contribution in [0.15, 0.2) is 66.9 Å². The molecule has 3 aromatic carbocycles. The largest absolute Gasteiger partial charge is 0.497 e. The number of aryl methyl sites for hydroxylation is 1. The van der Waals surface area contributed by atoms with Crippen LogP contribution in [0.5, 0.6) is 11.5 Å². The molecular formula is C27H28N2O4. The van der Waals surface area contributed by atoms with Crippen LogP contribution < -0.4 is 14.8 Å². The van der Waals surface area contributed by atoms with Crippen molar-refractivity contribution in [3.63, 3.8) is 0 Å². The molecule has 1 amide bonds. The van der Waals surface area contributed by atoms with Crippen LogP contribution in [0.2, 0.25) is 0 Å². The summed E-state index contributed by atoms with van der Waals surface area (Å²) in [6.45, 7) is 1.83. The van der Waals surface area contributed by atoms with Crippen molar-refractivity contribution in [3.05, 3.63) is 83.6 Å². The van der Waals surface area contributed by atoms with E-state index in [9.17, 15) is 9.90 Å². The summed E-state index contributed by atoms with van der Waals surface area (Å²) in [7, 11) is 3.23. The smallest absolute Gasteiger partial charge is 0.251 e. The van der Waals surface area contributed by atoms with Crippen LogP contribution in [0.1, 0.15) is 21.5 Å². The summed E-state index contributed by atoms with van der Waals surface area (Å²) in [5.74, 6) is 1.17. The molecule has 1 atom stereocenters. The van der Waals surface area contributed by atoms with Crippen molar-refractivity contribution in [1.82, 2.24) is 10.3 Å². The summed E-state index contributed by atoms with van der Waals surface area (Å²) in [6, 6.07) is 18.7. The molecule has 1 heterocycles. The third-order valence-corrected chi connectivity index (χ3v) is 5.89. The maximum atomic E-state index is 13.1. The molecule has 3 N–H and O–H groups in total. The number of para-hydroxylation sites is 1. The number of amides is 1. The zero-order valence-electron chi connectivity index (χ0n) is 19.0. The Hall–Kier alpha value is -3.77. The Labute approximate surface area is 193 Å². The topological polar surface area (TPSA) is 83.6 Å². The highest BCUT2D eigenvalue weighted by Crippen LogP contribution is 2.35. The first-order chi connectivity index (χ1) is 16.0. The zero-order valence-corrected chi connectivity index (χ0v) is 19.0. The van der Waals surface area contributed by atoms with Crippen molar-refractivity contribution < 1.29 is 19.4 Å². The van der Waals surface area contributed by atoms with Crippen molar-refractivity contribution in [3.8, 4) is 22.6 Å². The molecule has 0 fully saturated rings. The van der Waals surface area contributed by atoms with Gasteiger partial charge in [-0.3, -0.25) is 4.79 Å². The number of benzene rings is 3. The standard InChI is InChI=1S/C27H28N2O4/c1-17-8-9-18(13-23(17)24-14-21(32-2)10-11-26(24)33-3)27(31)29-20(16-30)12-19-15-28-25-7-5-4-6-22(19)25/h4-11,13-15,20,28,30H,12,16H2,1-3H3,(H,29,31)/t20-/m1/s1. The van der Waals surface area contributed by atoms with E-state index in [1.807, 2.05) is 67.7 Å². The second-order valence-electron chi connectivity index (χ2n) is 8.01. The fourth-order valence-corrected chi connectivity index (χ4v) is 4.07. The van der Waals surface area contributed by atoms with Gasteiger partial charge in [0.1, 0.15) is 11.5 Å². The minimum atomic E-state index is -0.409. The van der Waals surface area contributed by atoms with Crippen LogP contribution in [0.3, 0.4) is 0 Å². The highest BCUT2D eigenvalue weighted by molar-refractivity contribution is 5.96. The Morgan fingerprint density at radius 3 is 2.61 bits per heavy atom. The van der Waals surface area contributed by atoms with Gasteiger partial charge < -0.3 is 24.9 Å². The fourth-order valence-electron chi connectivity index (χ4n) is 4.07. The number of hydrogen-bond acceptors (Lipinski definition) is 4. The van der Waals surface area contributed by atoms with E-state index in [4.69, 9.17) is 9.47 Å². The monoisotopic (exact) mass is 444 g/mol. The normalized spacial score (nSPS) is 11.9. The Balaban J connectivity index is 1.58. The summed E-state index contributed by atoms with van der Waals surface area (Å²) in [5.41, 5.74) is 5.34. The van der Waals surface area contributed by atoms with Crippen molar-refractivity contribution in [2.75, 3.05) is 20.8 Å². The van der Waals surface area contributed by atoms with Crippen LogP contribution in [0, 0.1) is 6.92 Å². The SMILES string of the molecule is COc1ccc(OC)c(-c2cc(C(=O)N[C@@H](CO)Cc3c[nH]c4ccccc34)ccc2C)c1. The number of carbonyl (C=O) groups excluding carboxylic acids is 1. The van der Waals surface area contributed by atoms with E-state index in [-0.39, 0.29) is 12.5 Å². The predicted molar refractivity (Wildman–Crippen MR) is 130 cm³/mol. The summed E-state index contributed by atoms with van der Waals surface area (Å²) in [6.07, 6.45) is 2.45. The molecule has 0 aliphatic heterocycles. The third-order valence-electron chi connectivity index (χ3n) is 5.89. The van der Waals surface area contributed by atoms with E-state index in [1.165, 1.54) is 0 Å². The lowest BCUT2D eigenvalue weighted by Crippen LogP contribution is -2.39. The summed E-state index contributed by atoms with van der Waals surface area (Å²) < 4.78 is 10.9. The molecule has 0 aliphatic carbocycles. The van der Waals surface area contributed by atoms with Crippen molar-refractivity contribution in [2.45, 2.75) is 19.4 Å². The lowest BCUT2D eigenvalue weighted by molar-refractivity contribution is 0.0916. The van der Waals surface area contributed by atoms with E-state index < -0.39 is 6.04 Å². The second-order valence-corrected chi connectivity index (χ2v) is 8.01. The molecule has 6 nitrogen and oxygen atoms in total. The van der Waals surface area contributed by atoms with Crippen LogP contribution in [0.4, 0.5) is 0 Å². The molecule has 170 valence electrons. The van der Waals surface area contributed by atoms with Gasteiger partial charge in [-0.1, -0.05) is 24.3 Å². The summed E-state index contributed by atoms with van der Waals surface area (Å²) in [4.78, 5) is 16.3. The second kappa shape index (κ2) is 9.79. The first-order valence-corrected chi connectivity index (χ1v) is 10.8. The predicted octanol–water partition coefficient (Wildman–Crippen LogP) is 4.49. The molecule has 6 heteroatoms. The van der Waals surface area contributed by atoms with Gasteiger partial charge in [-0.2, -0.15) is 0 Å². The summed E-state index contributed by atoms with van der Waals surface area (Å²) >= 11 is 0. The Kier molecular flexibility index (Phi) is 6.66. The van der Waals surface area contributed by atoms with E-state index >= 15 is 0 Å². The maximum Gasteiger partial charge on any atom is 0.251 e. The van der Waals surface area contributed by atoms with E-state index in [1.54, 1.807) is 20.3 Å². The lowest BCUT2D eigenvalue weighted by atomic mass is 9.96. The minimum Gasteiger partial charge on any atom is -0.497 e. The van der Waals surface area contributed by atoms with E-state index in [2.05, 4.69) is 10.3 Å². The zero-order chi connectivity index (χ0) is 23.4. The Morgan fingerprint density at radius 2 is 1.85 bits per heavy atom. The number of nitrogens with one attached hydrogen (secondary N) is 2. The number of aromatic nitrogens is 1. The highest BCUT2D eigenvalue weighted by atomic mass is 16.5. The third kappa shape index (κ3) is 4.71. The van der Waals surface area contributed by atoms with Crippen LogP contribution in [0.25, 0.3) is 22.0 Å². The molecule has 33 heavy (non-hydrogen) atoms. The first kappa shape index (κ1) is 22.4. The van der Waals surface area contributed by atoms with Gasteiger partial charge in [-0.25, -0.2) is 0 Å². The molecule has 0 saturated carbocycles. The molecule has 0 unspecified atom stereocenters. The number of ether oxygens (including phenoxy) is 2. The van der Waals surface area contributed by atoms with Gasteiger partial charge in [0.05, 0.1) is 26.9 Å². The van der Waals surface area contributed by atoms with Crippen molar-refractivity contribution in [1.29, 1.82) is 0 Å². The number of fused-ring (bicyclic) bond motifs is 1. The number of aliphatic hydroxyl groups is 1. The van der Waals surface area contributed by atoms with Crippen LogP contribution >= 0.6 is 0 Å². The number of carbonyl (C=O) groups is 1. The van der Waals surface area contributed by atoms with Gasteiger partial charge >= 0.3 is 0 Å². The minimum absolute atomic E-state index is 0.159.